The third-order valence-electron chi connectivity index (χ3n) is 2.93. The molecule has 18 heavy (non-hydrogen) atoms. The first-order valence-electron chi connectivity index (χ1n) is 6.56. The molecule has 0 aliphatic carbocycles. The van der Waals surface area contributed by atoms with Gasteiger partial charge in [0.1, 0.15) is 0 Å². The predicted octanol–water partition coefficient (Wildman–Crippen LogP) is 2.12. The van der Waals surface area contributed by atoms with Gasteiger partial charge in [-0.25, -0.2) is 4.68 Å². The first kappa shape index (κ1) is 15.4. The highest BCUT2D eigenvalue weighted by molar-refractivity contribution is 7.99. The third-order valence-corrected chi connectivity index (χ3v) is 3.97. The maximum Gasteiger partial charge on any atom is 0.167 e. The summed E-state index contributed by atoms with van der Waals surface area (Å²) in [6, 6.07) is 0.201. The molecule has 5 nitrogen and oxygen atoms in total. The Labute approximate surface area is 114 Å². The molecule has 0 radical (unpaired) electrons. The van der Waals surface area contributed by atoms with E-state index in [4.69, 9.17) is 0 Å². The average molecular weight is 271 g/mol. The highest BCUT2D eigenvalue weighted by Gasteiger charge is 2.14. The van der Waals surface area contributed by atoms with E-state index in [0.29, 0.717) is 11.2 Å². The smallest absolute Gasteiger partial charge is 0.167 e. The van der Waals surface area contributed by atoms with Crippen LogP contribution in [0.3, 0.4) is 0 Å². The molecule has 104 valence electrons. The van der Waals surface area contributed by atoms with E-state index in [2.05, 4.69) is 54.8 Å². The molecule has 0 saturated heterocycles. The zero-order chi connectivity index (χ0) is 13.5. The molecular formula is C12H25N5S. The number of nitrogens with one attached hydrogen (secondary N) is 1. The van der Waals surface area contributed by atoms with Crippen molar-refractivity contribution in [1.29, 1.82) is 0 Å². The summed E-state index contributed by atoms with van der Waals surface area (Å²) < 4.78 is 1.92. The lowest BCUT2D eigenvalue weighted by Crippen LogP contribution is -2.26. The van der Waals surface area contributed by atoms with Crippen LogP contribution in [-0.4, -0.2) is 38.3 Å². The second-order valence-corrected chi connectivity index (χ2v) is 6.40. The van der Waals surface area contributed by atoms with Crippen LogP contribution in [0.15, 0.2) is 0 Å². The van der Waals surface area contributed by atoms with Gasteiger partial charge in [-0.3, -0.25) is 0 Å². The van der Waals surface area contributed by atoms with Crippen LogP contribution in [0.2, 0.25) is 0 Å². The van der Waals surface area contributed by atoms with Crippen molar-refractivity contribution >= 4 is 11.8 Å². The molecule has 1 N–H and O–H groups in total. The normalized spacial score (nSPS) is 15.0. The first-order chi connectivity index (χ1) is 8.54. The summed E-state index contributed by atoms with van der Waals surface area (Å²) in [5.41, 5.74) is 0. The Kier molecular flexibility index (Phi) is 6.63. The van der Waals surface area contributed by atoms with Crippen LogP contribution in [0, 0.1) is 5.92 Å². The van der Waals surface area contributed by atoms with Crippen LogP contribution < -0.4 is 5.32 Å². The number of thioether (sulfide) groups is 1. The molecule has 0 bridgehead atoms. The van der Waals surface area contributed by atoms with E-state index in [-0.39, 0.29) is 6.04 Å². The minimum atomic E-state index is 0.201. The van der Waals surface area contributed by atoms with Crippen LogP contribution in [0.1, 0.15) is 46.0 Å². The largest absolute Gasteiger partial charge is 0.307 e. The van der Waals surface area contributed by atoms with Crippen LogP contribution in [-0.2, 0) is 6.54 Å². The van der Waals surface area contributed by atoms with Crippen LogP contribution in [0.4, 0.5) is 0 Å². The second kappa shape index (κ2) is 7.74. The molecule has 0 fully saturated rings. The summed E-state index contributed by atoms with van der Waals surface area (Å²) in [6.45, 7) is 10.6. The summed E-state index contributed by atoms with van der Waals surface area (Å²) in [6.07, 6.45) is 3.23. The first-order valence-corrected chi connectivity index (χ1v) is 7.85. The Morgan fingerprint density at radius 2 is 2.00 bits per heavy atom. The lowest BCUT2D eigenvalue weighted by molar-refractivity contribution is 0.448. The number of hydrogen-bond donors (Lipinski definition) is 1. The van der Waals surface area contributed by atoms with Crippen molar-refractivity contribution in [3.8, 4) is 0 Å². The zero-order valence-corrected chi connectivity index (χ0v) is 12.9. The van der Waals surface area contributed by atoms with Crippen molar-refractivity contribution in [2.24, 2.45) is 5.92 Å². The number of tetrazole rings is 1. The minimum Gasteiger partial charge on any atom is -0.307 e. The monoisotopic (exact) mass is 271 g/mol. The van der Waals surface area contributed by atoms with Crippen molar-refractivity contribution in [1.82, 2.24) is 25.5 Å². The predicted molar refractivity (Wildman–Crippen MR) is 76.7 cm³/mol. The zero-order valence-electron chi connectivity index (χ0n) is 12.1. The second-order valence-electron chi connectivity index (χ2n) is 5.12. The van der Waals surface area contributed by atoms with E-state index < -0.39 is 0 Å². The standard InChI is InChI=1S/C12H25N5S/c1-9(2)8-13-11(4)12-14-15-16-17(12)7-6-10(3)18-5/h9-11,13H,6-8H2,1-5H3. The highest BCUT2D eigenvalue weighted by Crippen LogP contribution is 2.13. The molecule has 2 atom stereocenters. The summed E-state index contributed by atoms with van der Waals surface area (Å²) in [4.78, 5) is 0. The van der Waals surface area contributed by atoms with Gasteiger partial charge < -0.3 is 5.32 Å². The van der Waals surface area contributed by atoms with E-state index in [1.165, 1.54) is 0 Å². The molecule has 0 aliphatic heterocycles. The van der Waals surface area contributed by atoms with Gasteiger partial charge in [0.2, 0.25) is 0 Å². The van der Waals surface area contributed by atoms with Crippen molar-refractivity contribution in [3.05, 3.63) is 5.82 Å². The molecule has 0 aliphatic rings. The van der Waals surface area contributed by atoms with E-state index in [0.717, 1.165) is 25.3 Å². The minimum absolute atomic E-state index is 0.201. The van der Waals surface area contributed by atoms with Gasteiger partial charge in [-0.05, 0) is 42.5 Å². The fraction of sp³-hybridized carbons (Fsp3) is 0.917. The molecule has 2 unspecified atom stereocenters. The van der Waals surface area contributed by atoms with Gasteiger partial charge in [-0.15, -0.1) is 5.10 Å². The molecule has 1 aromatic rings. The number of aromatic nitrogens is 4. The lowest BCUT2D eigenvalue weighted by atomic mass is 10.2. The van der Waals surface area contributed by atoms with Gasteiger partial charge in [0, 0.05) is 11.8 Å². The van der Waals surface area contributed by atoms with Gasteiger partial charge in [-0.1, -0.05) is 20.8 Å². The molecule has 0 amide bonds. The topological polar surface area (TPSA) is 55.6 Å². The van der Waals surface area contributed by atoms with E-state index in [1.807, 2.05) is 16.4 Å². The lowest BCUT2D eigenvalue weighted by Gasteiger charge is -2.15. The fourth-order valence-electron chi connectivity index (χ4n) is 1.61. The Morgan fingerprint density at radius 3 is 2.61 bits per heavy atom. The molecule has 1 aromatic heterocycles. The molecule has 0 saturated carbocycles. The summed E-state index contributed by atoms with van der Waals surface area (Å²) in [7, 11) is 0. The van der Waals surface area contributed by atoms with E-state index in [1.54, 1.807) is 0 Å². The Balaban J connectivity index is 2.53. The molecule has 1 rings (SSSR count). The maximum absolute atomic E-state index is 4.13. The summed E-state index contributed by atoms with van der Waals surface area (Å²) in [5, 5.41) is 16.1. The average Bonchev–Trinajstić information content (AvgIpc) is 2.81. The van der Waals surface area contributed by atoms with Crippen molar-refractivity contribution in [2.75, 3.05) is 12.8 Å². The number of nitrogens with zero attached hydrogens (tertiary/aromatic N) is 4. The van der Waals surface area contributed by atoms with Gasteiger partial charge in [0.15, 0.2) is 5.82 Å². The molecule has 0 spiro atoms. The van der Waals surface area contributed by atoms with E-state index >= 15 is 0 Å². The van der Waals surface area contributed by atoms with Gasteiger partial charge in [0.25, 0.3) is 0 Å². The van der Waals surface area contributed by atoms with Crippen LogP contribution >= 0.6 is 11.8 Å². The Hall–Kier alpha value is -0.620. The van der Waals surface area contributed by atoms with Gasteiger partial charge >= 0.3 is 0 Å². The molecule has 0 aromatic carbocycles. The fourth-order valence-corrected chi connectivity index (χ4v) is 1.95. The third kappa shape index (κ3) is 4.94. The maximum atomic E-state index is 4.13. The van der Waals surface area contributed by atoms with Gasteiger partial charge in [0.05, 0.1) is 6.04 Å². The summed E-state index contributed by atoms with van der Waals surface area (Å²) in [5.74, 6) is 1.57. The molecule has 1 heterocycles. The Bertz CT molecular complexity index is 339. The molecule has 6 heteroatoms. The van der Waals surface area contributed by atoms with Crippen molar-refractivity contribution in [3.63, 3.8) is 0 Å². The van der Waals surface area contributed by atoms with Crippen LogP contribution in [0.5, 0.6) is 0 Å². The quantitative estimate of drug-likeness (QED) is 0.785. The summed E-state index contributed by atoms with van der Waals surface area (Å²) >= 11 is 1.88. The molecular weight excluding hydrogens is 246 g/mol. The van der Waals surface area contributed by atoms with Crippen molar-refractivity contribution in [2.45, 2.75) is 52.0 Å². The highest BCUT2D eigenvalue weighted by atomic mass is 32.2. The number of aryl methyl sites for hydroxylation is 1. The SMILES string of the molecule is CSC(C)CCn1nnnc1C(C)NCC(C)C. The van der Waals surface area contributed by atoms with E-state index in [9.17, 15) is 0 Å². The van der Waals surface area contributed by atoms with Crippen LogP contribution in [0.25, 0.3) is 0 Å². The van der Waals surface area contributed by atoms with Crippen molar-refractivity contribution < 1.29 is 0 Å². The number of rotatable bonds is 8. The van der Waals surface area contributed by atoms with Gasteiger partial charge in [-0.2, -0.15) is 11.8 Å². The number of hydrogen-bond acceptors (Lipinski definition) is 5. The Morgan fingerprint density at radius 1 is 1.28 bits per heavy atom.